The van der Waals surface area contributed by atoms with Crippen molar-refractivity contribution in [3.8, 4) is 0 Å². The second kappa shape index (κ2) is 5.08. The quantitative estimate of drug-likeness (QED) is 0.743. The molecule has 21 heavy (non-hydrogen) atoms. The smallest absolute Gasteiger partial charge is 0.0671 e. The Hall–Kier alpha value is -2.00. The molecule has 4 heteroatoms. The third-order valence-corrected chi connectivity index (χ3v) is 4.54. The van der Waals surface area contributed by atoms with E-state index < -0.39 is 0 Å². The average Bonchev–Trinajstić information content (AvgIpc) is 2.91. The highest BCUT2D eigenvalue weighted by atomic mass is 35.5. The monoisotopic (exact) mass is 297 g/mol. The Labute approximate surface area is 128 Å². The number of fused-ring (bicyclic) bond motifs is 1. The normalized spacial score (nSPS) is 21.2. The van der Waals surface area contributed by atoms with Gasteiger partial charge in [0.25, 0.3) is 0 Å². The van der Waals surface area contributed by atoms with Crippen molar-refractivity contribution >= 4 is 28.2 Å². The van der Waals surface area contributed by atoms with Crippen molar-refractivity contribution in [1.29, 1.82) is 0 Å². The number of nitrogens with one attached hydrogen (secondary N) is 2. The molecular weight excluding hydrogens is 282 g/mol. The Balaban J connectivity index is 1.46. The lowest BCUT2D eigenvalue weighted by Gasteiger charge is -2.37. The summed E-state index contributed by atoms with van der Waals surface area (Å²) in [6.45, 7) is 0. The molecule has 1 heterocycles. The molecule has 0 amide bonds. The summed E-state index contributed by atoms with van der Waals surface area (Å²) in [6.07, 6.45) is 4.17. The van der Waals surface area contributed by atoms with Crippen LogP contribution in [0.25, 0.3) is 10.9 Å². The maximum absolute atomic E-state index is 6.06. The van der Waals surface area contributed by atoms with Gasteiger partial charge in [-0.3, -0.25) is 5.10 Å². The molecule has 3 aromatic rings. The van der Waals surface area contributed by atoms with Gasteiger partial charge in [0.2, 0.25) is 0 Å². The van der Waals surface area contributed by atoms with Crippen LogP contribution in [0, 0.1) is 0 Å². The summed E-state index contributed by atoms with van der Waals surface area (Å²) in [5.74, 6) is 0.616. The summed E-state index contributed by atoms with van der Waals surface area (Å²) in [5, 5.41) is 12.7. The lowest BCUT2D eigenvalue weighted by atomic mass is 9.76. The van der Waals surface area contributed by atoms with Crippen LogP contribution in [-0.2, 0) is 0 Å². The lowest BCUT2D eigenvalue weighted by Crippen LogP contribution is -2.34. The Bertz CT molecular complexity index is 774. The highest BCUT2D eigenvalue weighted by molar-refractivity contribution is 6.30. The average molecular weight is 298 g/mol. The van der Waals surface area contributed by atoms with Gasteiger partial charge in [-0.05, 0) is 48.6 Å². The molecule has 0 unspecified atom stereocenters. The molecule has 3 nitrogen and oxygen atoms in total. The molecule has 2 aromatic carbocycles. The van der Waals surface area contributed by atoms with E-state index in [0.29, 0.717) is 12.0 Å². The number of hydrogen-bond acceptors (Lipinski definition) is 2. The van der Waals surface area contributed by atoms with Gasteiger partial charge in [-0.15, -0.1) is 0 Å². The number of aromatic amines is 1. The van der Waals surface area contributed by atoms with Crippen LogP contribution in [-0.4, -0.2) is 16.2 Å². The van der Waals surface area contributed by atoms with Crippen LogP contribution in [0.3, 0.4) is 0 Å². The zero-order chi connectivity index (χ0) is 14.2. The molecule has 0 bridgehead atoms. The van der Waals surface area contributed by atoms with Crippen molar-refractivity contribution in [3.63, 3.8) is 0 Å². The number of rotatable bonds is 3. The summed E-state index contributed by atoms with van der Waals surface area (Å²) < 4.78 is 0. The Kier molecular flexibility index (Phi) is 3.08. The summed E-state index contributed by atoms with van der Waals surface area (Å²) >= 11 is 6.06. The van der Waals surface area contributed by atoms with E-state index in [1.807, 2.05) is 24.4 Å². The van der Waals surface area contributed by atoms with E-state index in [1.165, 1.54) is 5.56 Å². The van der Waals surface area contributed by atoms with Crippen LogP contribution in [0.4, 0.5) is 5.69 Å². The molecule has 106 valence electrons. The summed E-state index contributed by atoms with van der Waals surface area (Å²) in [6, 6.07) is 14.9. The number of benzene rings is 2. The van der Waals surface area contributed by atoms with Gasteiger partial charge < -0.3 is 5.32 Å². The van der Waals surface area contributed by atoms with Crippen LogP contribution in [0.15, 0.2) is 48.7 Å². The summed E-state index contributed by atoms with van der Waals surface area (Å²) in [7, 11) is 0. The fourth-order valence-electron chi connectivity index (χ4n) is 3.08. The maximum atomic E-state index is 6.06. The number of anilines is 1. The highest BCUT2D eigenvalue weighted by Crippen LogP contribution is 2.39. The molecule has 1 aromatic heterocycles. The van der Waals surface area contributed by atoms with Gasteiger partial charge in [0, 0.05) is 22.1 Å². The standard InChI is InChI=1S/C17H16ClN3/c18-13-4-1-3-11(7-13)12-8-14(9-12)20-16-5-2-6-17-15(16)10-19-21-17/h1-7,10,12,14,20H,8-9H2,(H,19,21). The van der Waals surface area contributed by atoms with Crippen LogP contribution in [0.5, 0.6) is 0 Å². The third-order valence-electron chi connectivity index (χ3n) is 4.30. The number of aromatic nitrogens is 2. The summed E-state index contributed by atoms with van der Waals surface area (Å²) in [4.78, 5) is 0. The number of halogens is 1. The van der Waals surface area contributed by atoms with Gasteiger partial charge in [0.05, 0.1) is 11.7 Å². The van der Waals surface area contributed by atoms with Gasteiger partial charge >= 0.3 is 0 Å². The van der Waals surface area contributed by atoms with Crippen molar-refractivity contribution in [2.75, 3.05) is 5.32 Å². The van der Waals surface area contributed by atoms with Crippen molar-refractivity contribution in [2.45, 2.75) is 24.8 Å². The lowest BCUT2D eigenvalue weighted by molar-refractivity contribution is 0.374. The van der Waals surface area contributed by atoms with Crippen molar-refractivity contribution < 1.29 is 0 Å². The van der Waals surface area contributed by atoms with Crippen molar-refractivity contribution in [1.82, 2.24) is 10.2 Å². The largest absolute Gasteiger partial charge is 0.382 e. The Morgan fingerprint density at radius 2 is 2.00 bits per heavy atom. The first-order valence-electron chi connectivity index (χ1n) is 7.24. The third kappa shape index (κ3) is 2.38. The zero-order valence-electron chi connectivity index (χ0n) is 11.5. The number of hydrogen-bond donors (Lipinski definition) is 2. The number of H-pyrrole nitrogens is 1. The van der Waals surface area contributed by atoms with E-state index >= 15 is 0 Å². The van der Waals surface area contributed by atoms with Gasteiger partial charge in [0.1, 0.15) is 0 Å². The van der Waals surface area contributed by atoms with Crippen LogP contribution >= 0.6 is 11.6 Å². The van der Waals surface area contributed by atoms with Gasteiger partial charge in [0.15, 0.2) is 0 Å². The van der Waals surface area contributed by atoms with E-state index in [4.69, 9.17) is 11.6 Å². The van der Waals surface area contributed by atoms with E-state index in [1.54, 1.807) is 0 Å². The highest BCUT2D eigenvalue weighted by Gasteiger charge is 2.30. The fourth-order valence-corrected chi connectivity index (χ4v) is 3.28. The molecular formula is C17H16ClN3. The second-order valence-electron chi connectivity index (χ2n) is 5.70. The molecule has 1 aliphatic carbocycles. The first-order chi connectivity index (χ1) is 10.3. The topological polar surface area (TPSA) is 40.7 Å². The molecule has 4 rings (SSSR count). The first kappa shape index (κ1) is 12.7. The first-order valence-corrected chi connectivity index (χ1v) is 7.61. The summed E-state index contributed by atoms with van der Waals surface area (Å²) in [5.41, 5.74) is 3.59. The van der Waals surface area contributed by atoms with Crippen molar-refractivity contribution in [3.05, 3.63) is 59.2 Å². The predicted octanol–water partition coefficient (Wildman–Crippen LogP) is 4.57. The Morgan fingerprint density at radius 1 is 1.14 bits per heavy atom. The van der Waals surface area contributed by atoms with E-state index in [9.17, 15) is 0 Å². The predicted molar refractivity (Wildman–Crippen MR) is 86.9 cm³/mol. The molecule has 0 spiro atoms. The van der Waals surface area contributed by atoms with E-state index in [0.717, 1.165) is 34.5 Å². The SMILES string of the molecule is Clc1cccc(C2CC(Nc3cccc4[nH]ncc34)C2)c1. The van der Waals surface area contributed by atoms with Crippen LogP contribution in [0.2, 0.25) is 5.02 Å². The molecule has 1 saturated carbocycles. The van der Waals surface area contributed by atoms with Crippen LogP contribution < -0.4 is 5.32 Å². The van der Waals surface area contributed by atoms with Gasteiger partial charge in [-0.1, -0.05) is 29.8 Å². The minimum absolute atomic E-state index is 0.523. The Morgan fingerprint density at radius 3 is 2.86 bits per heavy atom. The minimum Gasteiger partial charge on any atom is -0.382 e. The zero-order valence-corrected chi connectivity index (χ0v) is 12.3. The molecule has 2 N–H and O–H groups in total. The molecule has 1 aliphatic rings. The maximum Gasteiger partial charge on any atom is 0.0671 e. The second-order valence-corrected chi connectivity index (χ2v) is 6.14. The molecule has 0 radical (unpaired) electrons. The number of nitrogens with zero attached hydrogens (tertiary/aromatic N) is 1. The van der Waals surface area contributed by atoms with Crippen LogP contribution in [0.1, 0.15) is 24.3 Å². The minimum atomic E-state index is 0.523. The molecule has 0 aliphatic heterocycles. The molecule has 0 atom stereocenters. The van der Waals surface area contributed by atoms with Gasteiger partial charge in [-0.2, -0.15) is 5.10 Å². The van der Waals surface area contributed by atoms with E-state index in [-0.39, 0.29) is 0 Å². The fraction of sp³-hybridized carbons (Fsp3) is 0.235. The van der Waals surface area contributed by atoms with E-state index in [2.05, 4.69) is 39.8 Å². The van der Waals surface area contributed by atoms with Gasteiger partial charge in [-0.25, -0.2) is 0 Å². The molecule has 1 fully saturated rings. The van der Waals surface area contributed by atoms with Crippen molar-refractivity contribution in [2.24, 2.45) is 0 Å². The molecule has 0 saturated heterocycles.